The highest BCUT2D eigenvalue weighted by atomic mass is 32.2. The second kappa shape index (κ2) is 5.67. The van der Waals surface area contributed by atoms with Crippen LogP contribution in [0, 0.1) is 17.3 Å². The first-order chi connectivity index (χ1) is 12.0. The molecule has 2 N–H and O–H groups in total. The van der Waals surface area contributed by atoms with Crippen molar-refractivity contribution >= 4 is 21.7 Å². The van der Waals surface area contributed by atoms with Gasteiger partial charge >= 0.3 is 5.97 Å². The zero-order valence-corrected chi connectivity index (χ0v) is 15.9. The second-order valence-electron chi connectivity index (χ2n) is 9.49. The predicted molar refractivity (Wildman–Crippen MR) is 92.8 cm³/mol. The van der Waals surface area contributed by atoms with Gasteiger partial charge in [-0.05, 0) is 63.7 Å². The van der Waals surface area contributed by atoms with E-state index in [1.54, 1.807) is 6.92 Å². The van der Waals surface area contributed by atoms with Crippen LogP contribution in [0.15, 0.2) is 0 Å². The van der Waals surface area contributed by atoms with Crippen LogP contribution in [0.2, 0.25) is 0 Å². The van der Waals surface area contributed by atoms with E-state index in [1.807, 2.05) is 0 Å². The standard InChI is InChI=1S/C18H27NO6S/c1-16(2-3-26(23,24)11-16)19-14(20)9-25-15(21)17-5-12-4-13(6-17)8-18(22,7-12)10-17/h12-13,22H,2-11H2,1H3,(H,19,20)/t12-,13-,16-,17?,18?/m1/s1. The maximum absolute atomic E-state index is 12.8. The highest BCUT2D eigenvalue weighted by Gasteiger charge is 2.61. The van der Waals surface area contributed by atoms with Crippen LogP contribution < -0.4 is 5.32 Å². The van der Waals surface area contributed by atoms with Crippen molar-refractivity contribution in [2.24, 2.45) is 17.3 Å². The van der Waals surface area contributed by atoms with Crippen LogP contribution in [0.3, 0.4) is 0 Å². The maximum Gasteiger partial charge on any atom is 0.312 e. The van der Waals surface area contributed by atoms with Crippen molar-refractivity contribution in [1.82, 2.24) is 5.32 Å². The number of hydrogen-bond donors (Lipinski definition) is 2. The molecule has 0 aromatic carbocycles. The van der Waals surface area contributed by atoms with Gasteiger partial charge in [-0.3, -0.25) is 9.59 Å². The number of carbonyl (C=O) groups is 2. The summed E-state index contributed by atoms with van der Waals surface area (Å²) < 4.78 is 28.6. The molecule has 0 radical (unpaired) electrons. The summed E-state index contributed by atoms with van der Waals surface area (Å²) in [6.45, 7) is 1.30. The Morgan fingerprint density at radius 3 is 2.38 bits per heavy atom. The van der Waals surface area contributed by atoms with Crippen molar-refractivity contribution in [1.29, 1.82) is 0 Å². The lowest BCUT2D eigenvalue weighted by Crippen LogP contribution is -2.58. The number of sulfone groups is 1. The molecule has 0 aromatic heterocycles. The third-order valence-corrected chi connectivity index (χ3v) is 8.65. The lowest BCUT2D eigenvalue weighted by molar-refractivity contribution is -0.196. The van der Waals surface area contributed by atoms with E-state index in [0.29, 0.717) is 24.7 Å². The van der Waals surface area contributed by atoms with Gasteiger partial charge in [-0.1, -0.05) is 0 Å². The second-order valence-corrected chi connectivity index (χ2v) is 11.7. The Morgan fingerprint density at radius 1 is 1.19 bits per heavy atom. The molecule has 1 saturated heterocycles. The van der Waals surface area contributed by atoms with E-state index in [0.717, 1.165) is 32.1 Å². The molecule has 4 saturated carbocycles. The molecule has 8 heteroatoms. The number of nitrogens with one attached hydrogen (secondary N) is 1. The third kappa shape index (κ3) is 3.26. The molecule has 0 aromatic rings. The summed E-state index contributed by atoms with van der Waals surface area (Å²) in [5.41, 5.74) is -2.20. The molecule has 4 bridgehead atoms. The van der Waals surface area contributed by atoms with E-state index in [2.05, 4.69) is 5.32 Å². The van der Waals surface area contributed by atoms with Gasteiger partial charge in [-0.25, -0.2) is 8.42 Å². The molecule has 0 spiro atoms. The predicted octanol–water partition coefficient (Wildman–Crippen LogP) is 0.554. The minimum atomic E-state index is -3.12. The molecule has 5 fully saturated rings. The Labute approximate surface area is 153 Å². The molecule has 7 nitrogen and oxygen atoms in total. The van der Waals surface area contributed by atoms with Crippen molar-refractivity contribution in [3.63, 3.8) is 0 Å². The molecule has 5 aliphatic rings. The summed E-state index contributed by atoms with van der Waals surface area (Å²) in [5, 5.41) is 13.4. The van der Waals surface area contributed by atoms with Crippen LogP contribution in [-0.2, 0) is 24.2 Å². The maximum atomic E-state index is 12.8. The molecular formula is C18H27NO6S. The van der Waals surface area contributed by atoms with E-state index >= 15 is 0 Å². The van der Waals surface area contributed by atoms with Gasteiger partial charge in [-0.2, -0.15) is 0 Å². The van der Waals surface area contributed by atoms with Gasteiger partial charge in [0.15, 0.2) is 16.4 Å². The van der Waals surface area contributed by atoms with Gasteiger partial charge in [0.2, 0.25) is 0 Å². The van der Waals surface area contributed by atoms with Crippen LogP contribution >= 0.6 is 0 Å². The molecule has 1 aliphatic heterocycles. The van der Waals surface area contributed by atoms with E-state index < -0.39 is 38.9 Å². The number of carbonyl (C=O) groups excluding carboxylic acids is 2. The quantitative estimate of drug-likeness (QED) is 0.684. The first-order valence-corrected chi connectivity index (χ1v) is 11.2. The first-order valence-electron chi connectivity index (χ1n) is 9.42. The zero-order valence-electron chi connectivity index (χ0n) is 15.1. The largest absolute Gasteiger partial charge is 0.455 e. The molecule has 0 unspecified atom stereocenters. The van der Waals surface area contributed by atoms with Crippen LogP contribution in [-0.4, -0.2) is 54.7 Å². The first kappa shape index (κ1) is 18.2. The summed E-state index contributed by atoms with van der Waals surface area (Å²) in [5.74, 6) is -0.144. The fourth-order valence-electron chi connectivity index (χ4n) is 6.22. The van der Waals surface area contributed by atoms with Crippen LogP contribution in [0.5, 0.6) is 0 Å². The van der Waals surface area contributed by atoms with E-state index in [4.69, 9.17) is 4.74 Å². The Balaban J connectivity index is 1.35. The summed E-state index contributed by atoms with van der Waals surface area (Å²) in [4.78, 5) is 24.9. The summed E-state index contributed by atoms with van der Waals surface area (Å²) in [6.07, 6.45) is 4.89. The number of ether oxygens (including phenoxy) is 1. The molecule has 3 atom stereocenters. The van der Waals surface area contributed by atoms with Gasteiger partial charge in [0.25, 0.3) is 5.91 Å². The molecular weight excluding hydrogens is 358 g/mol. The Bertz CT molecular complexity index is 733. The summed E-state index contributed by atoms with van der Waals surface area (Å²) in [6, 6.07) is 0. The lowest BCUT2D eigenvalue weighted by Gasteiger charge is -2.58. The average Bonchev–Trinajstić information content (AvgIpc) is 2.75. The van der Waals surface area contributed by atoms with Gasteiger partial charge in [-0.15, -0.1) is 0 Å². The zero-order chi connectivity index (χ0) is 18.8. The summed E-state index contributed by atoms with van der Waals surface area (Å²) in [7, 11) is -3.12. The van der Waals surface area contributed by atoms with Crippen LogP contribution in [0.25, 0.3) is 0 Å². The average molecular weight is 385 g/mol. The van der Waals surface area contributed by atoms with E-state index in [9.17, 15) is 23.1 Å². The van der Waals surface area contributed by atoms with E-state index in [1.165, 1.54) is 0 Å². The highest BCUT2D eigenvalue weighted by molar-refractivity contribution is 7.91. The number of esters is 1. The van der Waals surface area contributed by atoms with Gasteiger partial charge in [0.05, 0.1) is 28.1 Å². The molecule has 5 rings (SSSR count). The molecule has 4 aliphatic carbocycles. The number of aliphatic hydroxyl groups is 1. The molecule has 1 heterocycles. The van der Waals surface area contributed by atoms with Crippen molar-refractivity contribution in [3.8, 4) is 0 Å². The fraction of sp³-hybridized carbons (Fsp3) is 0.889. The normalized spacial score (nSPS) is 45.5. The smallest absolute Gasteiger partial charge is 0.312 e. The molecule has 26 heavy (non-hydrogen) atoms. The van der Waals surface area contributed by atoms with Gasteiger partial charge < -0.3 is 15.2 Å². The number of rotatable bonds is 4. The summed E-state index contributed by atoms with van der Waals surface area (Å²) >= 11 is 0. The van der Waals surface area contributed by atoms with Crippen molar-refractivity contribution < 1.29 is 27.9 Å². The topological polar surface area (TPSA) is 110 Å². The van der Waals surface area contributed by atoms with Crippen LogP contribution in [0.1, 0.15) is 51.9 Å². The Hall–Kier alpha value is -1.15. The van der Waals surface area contributed by atoms with Gasteiger partial charge in [0.1, 0.15) is 0 Å². The van der Waals surface area contributed by atoms with Crippen molar-refractivity contribution in [2.75, 3.05) is 18.1 Å². The van der Waals surface area contributed by atoms with E-state index in [-0.39, 0.29) is 17.5 Å². The Kier molecular flexibility index (Phi) is 3.98. The van der Waals surface area contributed by atoms with Crippen molar-refractivity contribution in [2.45, 2.75) is 63.0 Å². The Morgan fingerprint density at radius 2 is 1.85 bits per heavy atom. The number of amides is 1. The monoisotopic (exact) mass is 385 g/mol. The third-order valence-electron chi connectivity index (χ3n) is 6.74. The minimum Gasteiger partial charge on any atom is -0.455 e. The van der Waals surface area contributed by atoms with Crippen LogP contribution in [0.4, 0.5) is 0 Å². The van der Waals surface area contributed by atoms with Gasteiger partial charge in [0, 0.05) is 0 Å². The number of hydrogen-bond acceptors (Lipinski definition) is 6. The molecule has 146 valence electrons. The lowest BCUT2D eigenvalue weighted by atomic mass is 9.48. The minimum absolute atomic E-state index is 0.0635. The van der Waals surface area contributed by atoms with Crippen molar-refractivity contribution in [3.05, 3.63) is 0 Å². The SMILES string of the molecule is C[C@@]1(NC(=O)COC(=O)C23C[C@H]4C[C@@H](CC(O)(C4)C2)C3)CCS(=O)(=O)C1. The fourth-order valence-corrected chi connectivity index (χ4v) is 8.31. The highest BCUT2D eigenvalue weighted by Crippen LogP contribution is 2.61. The molecule has 1 amide bonds.